The van der Waals surface area contributed by atoms with E-state index in [9.17, 15) is 30.0 Å². The molecule has 4 bridgehead atoms. The van der Waals surface area contributed by atoms with Crippen LogP contribution in [0.5, 0.6) is 17.2 Å². The zero-order valence-electron chi connectivity index (χ0n) is 34.1. The molecule has 0 saturated heterocycles. The molecule has 8 rings (SSSR count). The van der Waals surface area contributed by atoms with Crippen LogP contribution >= 0.6 is 0 Å². The maximum Gasteiger partial charge on any atom is 0.161 e. The molecule has 0 spiro atoms. The lowest BCUT2D eigenvalue weighted by atomic mass is 9.71. The summed E-state index contributed by atoms with van der Waals surface area (Å²) in [6.07, 6.45) is 12.8. The first kappa shape index (κ1) is 41.2. The number of aromatic amines is 1. The lowest BCUT2D eigenvalue weighted by Crippen LogP contribution is -2.32. The van der Waals surface area contributed by atoms with Crippen molar-refractivity contribution < 1.29 is 34.8 Å². The van der Waals surface area contributed by atoms with Gasteiger partial charge in [0.1, 0.15) is 17.3 Å². The van der Waals surface area contributed by atoms with E-state index in [4.69, 9.17) is 10.1 Å². The SMILES string of the molecule is O=C1CCc2cc(c(O)c(OC3CCCC3)c2)Cc2ccc(CCCO)c(c2)Cc2cc[nH]c2[N-]CC2=Cc3[n-]ccc3[C@@H](C[C@H](O)CCc3cccc(O)c3)[C@@H]2C(=O)C1. The third-order valence-corrected chi connectivity index (χ3v) is 12.6. The molecular weight excluding hydrogens is 755 g/mol. The summed E-state index contributed by atoms with van der Waals surface area (Å²) in [5, 5.41) is 47.9. The molecule has 1 aliphatic heterocycles. The van der Waals surface area contributed by atoms with Gasteiger partial charge in [-0.2, -0.15) is 6.20 Å². The van der Waals surface area contributed by atoms with Crippen molar-refractivity contribution in [2.24, 2.45) is 5.92 Å². The number of hydrogen-bond donors (Lipinski definition) is 5. The van der Waals surface area contributed by atoms with Crippen LogP contribution in [0.25, 0.3) is 11.4 Å². The number of phenols is 2. The molecule has 0 unspecified atom stereocenters. The number of phenolic OH excluding ortho intramolecular Hbond substituents is 2. The Balaban J connectivity index is 1.14. The van der Waals surface area contributed by atoms with Crippen LogP contribution in [0.15, 0.2) is 84.7 Å². The van der Waals surface area contributed by atoms with Crippen molar-refractivity contribution in [1.29, 1.82) is 0 Å². The topological polar surface area (TPSA) is 168 Å². The van der Waals surface area contributed by atoms with Gasteiger partial charge in [0.05, 0.1) is 18.6 Å². The van der Waals surface area contributed by atoms with Crippen LogP contribution in [0.3, 0.4) is 0 Å². The number of benzene rings is 3. The molecule has 10 nitrogen and oxygen atoms in total. The molecule has 2 aliphatic carbocycles. The number of nitrogens with zero attached hydrogens (tertiary/aromatic N) is 2. The molecule has 3 heterocycles. The first-order valence-electron chi connectivity index (χ1n) is 21.6. The smallest absolute Gasteiger partial charge is 0.161 e. The fraction of sp³-hybridized carbons (Fsp3) is 0.400. The third kappa shape index (κ3) is 9.72. The Labute approximate surface area is 351 Å². The van der Waals surface area contributed by atoms with E-state index >= 15 is 0 Å². The molecular formula is C50H55N3O7-2. The van der Waals surface area contributed by atoms with Crippen LogP contribution in [-0.4, -0.2) is 62.3 Å². The monoisotopic (exact) mass is 809 g/mol. The number of aromatic hydroxyl groups is 2. The number of ketones is 2. The third-order valence-electron chi connectivity index (χ3n) is 12.6. The zero-order chi connectivity index (χ0) is 41.6. The summed E-state index contributed by atoms with van der Waals surface area (Å²) >= 11 is 0. The van der Waals surface area contributed by atoms with Gasteiger partial charge in [-0.15, -0.1) is 5.69 Å². The molecule has 10 heteroatoms. The number of aliphatic hydroxyl groups excluding tert-OH is 2. The first-order chi connectivity index (χ1) is 29.2. The summed E-state index contributed by atoms with van der Waals surface area (Å²) in [5.74, 6) is -0.0752. The van der Waals surface area contributed by atoms with E-state index in [2.05, 4.69) is 28.2 Å². The zero-order valence-corrected chi connectivity index (χ0v) is 34.1. The van der Waals surface area contributed by atoms with E-state index in [1.807, 2.05) is 42.6 Å². The molecule has 1 fully saturated rings. The van der Waals surface area contributed by atoms with E-state index in [0.29, 0.717) is 62.9 Å². The Bertz CT molecular complexity index is 2330. The number of carbonyl (C=O) groups is 2. The van der Waals surface area contributed by atoms with Gasteiger partial charge >= 0.3 is 0 Å². The molecule has 3 aliphatic rings. The normalized spacial score (nSPS) is 19.2. The molecule has 314 valence electrons. The maximum absolute atomic E-state index is 14.6. The minimum atomic E-state index is -0.757. The van der Waals surface area contributed by atoms with E-state index in [1.54, 1.807) is 24.4 Å². The number of aliphatic hydroxyl groups is 2. The van der Waals surface area contributed by atoms with Gasteiger partial charge in [-0.25, -0.2) is 0 Å². The Morgan fingerprint density at radius 1 is 0.867 bits per heavy atom. The highest BCUT2D eigenvalue weighted by Gasteiger charge is 2.36. The fourth-order valence-corrected chi connectivity index (χ4v) is 9.49. The average Bonchev–Trinajstić information content (AvgIpc) is 4.03. The van der Waals surface area contributed by atoms with Crippen LogP contribution in [0.1, 0.15) is 114 Å². The molecule has 3 aromatic carbocycles. The number of fused-ring (bicyclic) bond motifs is 7. The molecule has 5 aromatic rings. The second kappa shape index (κ2) is 18.8. The Kier molecular flexibility index (Phi) is 12.9. The van der Waals surface area contributed by atoms with Gasteiger partial charge in [0.25, 0.3) is 0 Å². The van der Waals surface area contributed by atoms with E-state index in [-0.39, 0.29) is 55.2 Å². The van der Waals surface area contributed by atoms with Crippen LogP contribution in [0.2, 0.25) is 0 Å². The minimum Gasteiger partial charge on any atom is -0.664 e. The quantitative estimate of drug-likeness (QED) is 0.0876. The number of aromatic nitrogens is 2. The number of nitrogens with one attached hydrogen (secondary N) is 1. The van der Waals surface area contributed by atoms with Crippen LogP contribution in [0.4, 0.5) is 5.82 Å². The highest BCUT2D eigenvalue weighted by molar-refractivity contribution is 6.02. The summed E-state index contributed by atoms with van der Waals surface area (Å²) in [6.45, 7) is 0.288. The summed E-state index contributed by atoms with van der Waals surface area (Å²) < 4.78 is 6.41. The van der Waals surface area contributed by atoms with E-state index in [1.165, 1.54) is 0 Å². The lowest BCUT2D eigenvalue weighted by Gasteiger charge is -2.37. The summed E-state index contributed by atoms with van der Waals surface area (Å²) in [7, 11) is 0. The average molecular weight is 810 g/mol. The van der Waals surface area contributed by atoms with Gasteiger partial charge in [0.2, 0.25) is 0 Å². The standard InChI is InChI=1S/C50H55N3O7/c54-20-4-6-34-13-10-32-21-36(34)26-35-16-18-52-50(35)53-30-38-27-45-43(17-19-51-45)44(28-40(56)14-11-31-5-3-7-39(55)24-31)48(38)46(58)29-41(57)15-12-33-23-37(22-32)49(59)47(25-33)60-42-8-1-2-9-42/h3,5,7,10,13,16-19,21,23-25,27,40,42,44,48,52,54-56,59H,1-2,4,6,8-9,11-12,14-15,20,22,26,28-30H2/q-2/t40-,44-,48-/m1/s1. The molecule has 60 heavy (non-hydrogen) atoms. The van der Waals surface area contributed by atoms with Crippen molar-refractivity contribution in [2.45, 2.75) is 108 Å². The van der Waals surface area contributed by atoms with Gasteiger partial charge in [-0.05, 0) is 135 Å². The lowest BCUT2D eigenvalue weighted by molar-refractivity contribution is -0.129. The molecule has 5 N–H and O–H groups in total. The second-order valence-corrected chi connectivity index (χ2v) is 16.9. The predicted molar refractivity (Wildman–Crippen MR) is 231 cm³/mol. The molecule has 0 radical (unpaired) electrons. The van der Waals surface area contributed by atoms with Gasteiger partial charge < -0.3 is 40.4 Å². The van der Waals surface area contributed by atoms with E-state index < -0.39 is 17.9 Å². The molecule has 3 atom stereocenters. The van der Waals surface area contributed by atoms with Crippen molar-refractivity contribution in [3.63, 3.8) is 0 Å². The van der Waals surface area contributed by atoms with Gasteiger partial charge in [0.15, 0.2) is 11.5 Å². The number of carbonyl (C=O) groups excluding carboxylic acids is 2. The number of hydrogen-bond acceptors (Lipinski definition) is 7. The fourth-order valence-electron chi connectivity index (χ4n) is 9.49. The Hall–Kier alpha value is -5.58. The van der Waals surface area contributed by atoms with Crippen molar-refractivity contribution in [2.75, 3.05) is 13.2 Å². The van der Waals surface area contributed by atoms with Crippen molar-refractivity contribution in [3.05, 3.63) is 140 Å². The maximum atomic E-state index is 14.6. The van der Waals surface area contributed by atoms with E-state index in [0.717, 1.165) is 81.5 Å². The highest BCUT2D eigenvalue weighted by Crippen LogP contribution is 2.44. The number of H-pyrrole nitrogens is 1. The predicted octanol–water partition coefficient (Wildman–Crippen LogP) is 8.47. The second-order valence-electron chi connectivity index (χ2n) is 16.9. The first-order valence-corrected chi connectivity index (χ1v) is 21.6. The summed E-state index contributed by atoms with van der Waals surface area (Å²) in [6, 6.07) is 21.1. The number of ether oxygens (including phenoxy) is 1. The van der Waals surface area contributed by atoms with Crippen molar-refractivity contribution >= 4 is 23.5 Å². The molecule has 1 saturated carbocycles. The van der Waals surface area contributed by atoms with Gasteiger partial charge in [0, 0.05) is 30.9 Å². The number of aryl methyl sites for hydroxylation is 3. The van der Waals surface area contributed by atoms with Crippen LogP contribution < -0.4 is 9.72 Å². The van der Waals surface area contributed by atoms with Crippen LogP contribution in [0, 0.1) is 5.92 Å². The van der Waals surface area contributed by atoms with Gasteiger partial charge in [-0.1, -0.05) is 77.8 Å². The minimum absolute atomic E-state index is 0.0280. The van der Waals surface area contributed by atoms with Gasteiger partial charge in [-0.3, -0.25) is 9.59 Å². The summed E-state index contributed by atoms with van der Waals surface area (Å²) in [5.41, 5.74) is 9.11. The number of Topliss-reactive ketones (excluding diaryl/α,β-unsaturated/α-hetero) is 2. The van der Waals surface area contributed by atoms with Crippen molar-refractivity contribution in [1.82, 2.24) is 9.97 Å². The largest absolute Gasteiger partial charge is 0.664 e. The number of rotatable bonds is 10. The highest BCUT2D eigenvalue weighted by atomic mass is 16.5. The Morgan fingerprint density at radius 3 is 2.55 bits per heavy atom. The Morgan fingerprint density at radius 2 is 1.72 bits per heavy atom. The molecule has 0 amide bonds. The van der Waals surface area contributed by atoms with Crippen LogP contribution in [-0.2, 0) is 41.7 Å². The molecule has 2 aromatic heterocycles. The van der Waals surface area contributed by atoms with Crippen molar-refractivity contribution in [3.8, 4) is 17.2 Å². The summed E-state index contributed by atoms with van der Waals surface area (Å²) in [4.78, 5) is 36.4.